The van der Waals surface area contributed by atoms with Crippen LogP contribution >= 0.6 is 22.9 Å². The van der Waals surface area contributed by atoms with Gasteiger partial charge in [-0.25, -0.2) is 0 Å². The number of hydrogen-bond acceptors (Lipinski definition) is 2. The maximum Gasteiger partial charge on any atom is 0.416 e. The van der Waals surface area contributed by atoms with E-state index in [9.17, 15) is 18.0 Å². The number of halogens is 4. The van der Waals surface area contributed by atoms with Gasteiger partial charge in [-0.1, -0.05) is 60.2 Å². The number of pyridine rings is 1. The van der Waals surface area contributed by atoms with Gasteiger partial charge in [-0.2, -0.15) is 13.2 Å². The fraction of sp³-hybridized carbons (Fsp3) is 0.0690. The van der Waals surface area contributed by atoms with Crippen LogP contribution in [0.15, 0.2) is 95.1 Å². The molecular formula is C29H19ClF3NOS. The first-order valence-electron chi connectivity index (χ1n) is 11.1. The van der Waals surface area contributed by atoms with E-state index in [1.807, 2.05) is 47.8 Å². The third-order valence-electron chi connectivity index (χ3n) is 5.96. The van der Waals surface area contributed by atoms with Crippen LogP contribution in [0.4, 0.5) is 13.2 Å². The molecule has 0 amide bonds. The molecule has 2 heterocycles. The summed E-state index contributed by atoms with van der Waals surface area (Å²) in [4.78, 5) is 16.3. The zero-order valence-corrected chi connectivity index (χ0v) is 20.3. The fourth-order valence-electron chi connectivity index (χ4n) is 4.22. The van der Waals surface area contributed by atoms with Crippen molar-refractivity contribution in [3.63, 3.8) is 0 Å². The van der Waals surface area contributed by atoms with Crippen molar-refractivity contribution in [3.8, 4) is 0 Å². The van der Waals surface area contributed by atoms with Crippen LogP contribution < -0.4 is 5.56 Å². The summed E-state index contributed by atoms with van der Waals surface area (Å²) in [5.41, 5.74) is 3.14. The zero-order valence-electron chi connectivity index (χ0n) is 18.7. The first kappa shape index (κ1) is 24.1. The molecular weight excluding hydrogens is 503 g/mol. The van der Waals surface area contributed by atoms with Crippen LogP contribution in [-0.4, -0.2) is 4.98 Å². The lowest BCUT2D eigenvalue weighted by atomic mass is 9.88. The Morgan fingerprint density at radius 1 is 0.861 bits per heavy atom. The molecule has 1 N–H and O–H groups in total. The van der Waals surface area contributed by atoms with E-state index in [0.29, 0.717) is 21.7 Å². The van der Waals surface area contributed by atoms with E-state index in [-0.39, 0.29) is 11.5 Å². The van der Waals surface area contributed by atoms with E-state index in [1.54, 1.807) is 23.5 Å². The Kier molecular flexibility index (Phi) is 6.56. The van der Waals surface area contributed by atoms with Gasteiger partial charge in [-0.15, -0.1) is 11.3 Å². The highest BCUT2D eigenvalue weighted by Crippen LogP contribution is 2.37. The number of hydrogen-bond donors (Lipinski definition) is 1. The smallest absolute Gasteiger partial charge is 0.322 e. The minimum absolute atomic E-state index is 0.0228. The second-order valence-electron chi connectivity index (χ2n) is 8.35. The van der Waals surface area contributed by atoms with Crippen molar-refractivity contribution in [2.24, 2.45) is 0 Å². The number of benzene rings is 3. The Balaban J connectivity index is 1.58. The van der Waals surface area contributed by atoms with Gasteiger partial charge in [0.1, 0.15) is 0 Å². The number of rotatable bonds is 5. The number of aromatic amines is 1. The van der Waals surface area contributed by atoms with Crippen molar-refractivity contribution in [1.29, 1.82) is 0 Å². The molecule has 0 saturated carbocycles. The van der Waals surface area contributed by atoms with Crippen molar-refractivity contribution < 1.29 is 13.2 Å². The van der Waals surface area contributed by atoms with Crippen molar-refractivity contribution >= 4 is 46.0 Å². The van der Waals surface area contributed by atoms with Crippen LogP contribution in [0.1, 0.15) is 38.6 Å². The van der Waals surface area contributed by atoms with Gasteiger partial charge in [-0.05, 0) is 70.1 Å². The summed E-state index contributed by atoms with van der Waals surface area (Å²) in [6, 6.07) is 24.2. The second kappa shape index (κ2) is 9.80. The van der Waals surface area contributed by atoms with Crippen LogP contribution in [0, 0.1) is 0 Å². The molecule has 7 heteroatoms. The molecule has 1 atom stereocenters. The quantitative estimate of drug-likeness (QED) is 0.247. The summed E-state index contributed by atoms with van der Waals surface area (Å²) in [6.07, 6.45) is -0.922. The van der Waals surface area contributed by atoms with E-state index in [4.69, 9.17) is 11.6 Å². The molecule has 0 saturated heterocycles. The summed E-state index contributed by atoms with van der Waals surface area (Å²) in [6.45, 7) is 0. The number of thiophene rings is 1. The van der Waals surface area contributed by atoms with Crippen molar-refractivity contribution in [1.82, 2.24) is 4.98 Å². The van der Waals surface area contributed by atoms with Gasteiger partial charge in [0.25, 0.3) is 0 Å². The summed E-state index contributed by atoms with van der Waals surface area (Å²) < 4.78 is 38.6. The fourth-order valence-corrected chi connectivity index (χ4v) is 5.22. The Bertz CT molecular complexity index is 1590. The molecule has 0 radical (unpaired) electrons. The number of alkyl halides is 3. The molecule has 0 aliphatic heterocycles. The van der Waals surface area contributed by atoms with Gasteiger partial charge in [0, 0.05) is 32.8 Å². The monoisotopic (exact) mass is 521 g/mol. The molecule has 1 unspecified atom stereocenters. The van der Waals surface area contributed by atoms with Crippen molar-refractivity contribution in [2.75, 3.05) is 0 Å². The summed E-state index contributed by atoms with van der Waals surface area (Å²) >= 11 is 7.79. The Hall–Kier alpha value is -3.61. The maximum atomic E-state index is 12.9. The van der Waals surface area contributed by atoms with E-state index in [2.05, 4.69) is 17.1 Å². The van der Waals surface area contributed by atoms with Gasteiger partial charge < -0.3 is 4.98 Å². The van der Waals surface area contributed by atoms with E-state index >= 15 is 0 Å². The first-order valence-corrected chi connectivity index (χ1v) is 12.3. The normalized spacial score (nSPS) is 12.9. The molecule has 5 aromatic rings. The topological polar surface area (TPSA) is 32.9 Å². The first-order chi connectivity index (χ1) is 17.3. The Morgan fingerprint density at radius 2 is 1.58 bits per heavy atom. The predicted octanol–water partition coefficient (Wildman–Crippen LogP) is 8.61. The van der Waals surface area contributed by atoms with Gasteiger partial charge in [0.15, 0.2) is 0 Å². The van der Waals surface area contributed by atoms with Gasteiger partial charge in [0.2, 0.25) is 5.56 Å². The Morgan fingerprint density at radius 3 is 2.25 bits per heavy atom. The molecule has 2 nitrogen and oxygen atoms in total. The van der Waals surface area contributed by atoms with Crippen LogP contribution in [0.3, 0.4) is 0 Å². The van der Waals surface area contributed by atoms with E-state index < -0.39 is 11.7 Å². The zero-order chi connectivity index (χ0) is 25.3. The minimum Gasteiger partial charge on any atom is -0.322 e. The average molecular weight is 522 g/mol. The molecule has 180 valence electrons. The molecule has 0 fully saturated rings. The van der Waals surface area contributed by atoms with Crippen LogP contribution in [0.5, 0.6) is 0 Å². The molecule has 0 aliphatic rings. The average Bonchev–Trinajstić information content (AvgIpc) is 3.38. The van der Waals surface area contributed by atoms with Crippen LogP contribution in [-0.2, 0) is 6.18 Å². The molecule has 0 aliphatic carbocycles. The minimum atomic E-state index is -4.38. The lowest BCUT2D eigenvalue weighted by Crippen LogP contribution is -2.06. The highest BCUT2D eigenvalue weighted by atomic mass is 35.5. The van der Waals surface area contributed by atoms with Crippen molar-refractivity contribution in [3.05, 3.63) is 138 Å². The molecule has 36 heavy (non-hydrogen) atoms. The lowest BCUT2D eigenvalue weighted by Gasteiger charge is -2.18. The standard InChI is InChI=1S/C29H19ClF3NOS/c30-23-12-7-19(8-13-23)28(26-2-1-15-36-26)21-9-14-25-24(16-21)20(17-27(35)34-25)6-3-18-4-10-22(11-5-18)29(31,32)33/h1-17,28H,(H,34,35)/b6-3+. The van der Waals surface area contributed by atoms with Gasteiger partial charge in [-0.3, -0.25) is 4.79 Å². The third-order valence-corrected chi connectivity index (χ3v) is 7.15. The SMILES string of the molecule is O=c1cc(/C=C/c2ccc(C(F)(F)F)cc2)c2cc(C(c3ccc(Cl)cc3)c3cccs3)ccc2[nH]1. The Labute approximate surface area is 214 Å². The molecule has 2 aromatic heterocycles. The largest absolute Gasteiger partial charge is 0.416 e. The van der Waals surface area contributed by atoms with E-state index in [1.165, 1.54) is 23.1 Å². The molecule has 5 rings (SSSR count). The second-order valence-corrected chi connectivity index (χ2v) is 9.76. The van der Waals surface area contributed by atoms with Crippen molar-refractivity contribution in [2.45, 2.75) is 12.1 Å². The number of fused-ring (bicyclic) bond motifs is 1. The molecule has 0 spiro atoms. The summed E-state index contributed by atoms with van der Waals surface area (Å²) in [7, 11) is 0. The maximum absolute atomic E-state index is 12.9. The number of aromatic nitrogens is 1. The third kappa shape index (κ3) is 5.15. The highest BCUT2D eigenvalue weighted by molar-refractivity contribution is 7.10. The van der Waals surface area contributed by atoms with E-state index in [0.717, 1.165) is 28.6 Å². The van der Waals surface area contributed by atoms with Gasteiger partial charge >= 0.3 is 6.18 Å². The summed E-state index contributed by atoms with van der Waals surface area (Å²) in [5.74, 6) is -0.0228. The predicted molar refractivity (Wildman–Crippen MR) is 142 cm³/mol. The van der Waals surface area contributed by atoms with Crippen LogP contribution in [0.2, 0.25) is 5.02 Å². The van der Waals surface area contributed by atoms with Crippen LogP contribution in [0.25, 0.3) is 23.1 Å². The lowest BCUT2D eigenvalue weighted by molar-refractivity contribution is -0.137. The number of nitrogens with one attached hydrogen (secondary N) is 1. The molecule has 3 aromatic carbocycles. The number of H-pyrrole nitrogens is 1. The molecule has 0 bridgehead atoms. The highest BCUT2D eigenvalue weighted by Gasteiger charge is 2.29. The summed E-state index contributed by atoms with van der Waals surface area (Å²) in [5, 5.41) is 3.54. The van der Waals surface area contributed by atoms with Gasteiger partial charge in [0.05, 0.1) is 5.56 Å².